The lowest BCUT2D eigenvalue weighted by atomic mass is 10.2. The third-order valence-electron chi connectivity index (χ3n) is 4.29. The van der Waals surface area contributed by atoms with Gasteiger partial charge >= 0.3 is 0 Å². The standard InChI is InChI=1S/C23H26N4O3.HI/c1-3-24-23(26-16-18-8-5-10-20(14-18)29-2)25-15-17-7-4-9-19(13-17)27-22(28)21-11-6-12-30-21;/h4-14H,3,15-16H2,1-2H3,(H,27,28)(H2,24,25,26);1H. The zero-order valence-electron chi connectivity index (χ0n) is 17.6. The van der Waals surface area contributed by atoms with Crippen LogP contribution in [0.4, 0.5) is 5.69 Å². The molecule has 3 aromatic rings. The quantitative estimate of drug-likeness (QED) is 0.227. The van der Waals surface area contributed by atoms with E-state index < -0.39 is 0 Å². The molecule has 164 valence electrons. The number of benzene rings is 2. The number of carbonyl (C=O) groups excluding carboxylic acids is 1. The minimum atomic E-state index is -0.283. The van der Waals surface area contributed by atoms with Gasteiger partial charge in [-0.1, -0.05) is 24.3 Å². The normalized spacial score (nSPS) is 10.7. The second-order valence-corrected chi connectivity index (χ2v) is 6.53. The summed E-state index contributed by atoms with van der Waals surface area (Å²) < 4.78 is 10.4. The van der Waals surface area contributed by atoms with E-state index in [2.05, 4.69) is 20.9 Å². The van der Waals surface area contributed by atoms with Crippen LogP contribution < -0.4 is 20.7 Å². The Morgan fingerprint density at radius 2 is 1.84 bits per heavy atom. The van der Waals surface area contributed by atoms with E-state index in [1.807, 2.05) is 55.5 Å². The van der Waals surface area contributed by atoms with Gasteiger partial charge in [-0.2, -0.15) is 0 Å². The fourth-order valence-corrected chi connectivity index (χ4v) is 2.83. The molecule has 3 rings (SSSR count). The fourth-order valence-electron chi connectivity index (χ4n) is 2.83. The number of aliphatic imine (C=N–C) groups is 1. The van der Waals surface area contributed by atoms with Crippen molar-refractivity contribution in [3.63, 3.8) is 0 Å². The first kappa shape index (κ1) is 24.3. The molecule has 0 bridgehead atoms. The SMILES string of the molecule is CCNC(=NCc1cccc(NC(=O)c2ccco2)c1)NCc1cccc(OC)c1.I. The zero-order chi connectivity index (χ0) is 21.2. The average molecular weight is 534 g/mol. The van der Waals surface area contributed by atoms with Gasteiger partial charge in [-0.3, -0.25) is 4.79 Å². The van der Waals surface area contributed by atoms with Crippen LogP contribution in [0.25, 0.3) is 0 Å². The van der Waals surface area contributed by atoms with E-state index in [0.29, 0.717) is 24.7 Å². The van der Waals surface area contributed by atoms with Crippen molar-refractivity contribution in [2.75, 3.05) is 19.0 Å². The highest BCUT2D eigenvalue weighted by Crippen LogP contribution is 2.14. The third-order valence-corrected chi connectivity index (χ3v) is 4.29. The summed E-state index contributed by atoms with van der Waals surface area (Å²) in [6, 6.07) is 18.8. The number of rotatable bonds is 8. The average Bonchev–Trinajstić information content (AvgIpc) is 3.31. The van der Waals surface area contributed by atoms with Crippen molar-refractivity contribution in [2.45, 2.75) is 20.0 Å². The number of ether oxygens (including phenoxy) is 1. The Kier molecular flexibility index (Phi) is 9.89. The highest BCUT2D eigenvalue weighted by molar-refractivity contribution is 14.0. The number of hydrogen-bond donors (Lipinski definition) is 3. The highest BCUT2D eigenvalue weighted by atomic mass is 127. The molecule has 0 fully saturated rings. The largest absolute Gasteiger partial charge is 0.497 e. The number of halogens is 1. The van der Waals surface area contributed by atoms with Crippen LogP contribution in [0.5, 0.6) is 5.75 Å². The van der Waals surface area contributed by atoms with Crippen LogP contribution in [-0.2, 0) is 13.1 Å². The Hall–Kier alpha value is -3.01. The Balaban J connectivity index is 0.00000341. The van der Waals surface area contributed by atoms with Crippen molar-refractivity contribution < 1.29 is 13.9 Å². The van der Waals surface area contributed by atoms with Gasteiger partial charge in [-0.05, 0) is 54.4 Å². The number of carbonyl (C=O) groups is 1. The molecule has 2 aromatic carbocycles. The lowest BCUT2D eigenvalue weighted by molar-refractivity contribution is 0.0996. The molecule has 1 heterocycles. The molecule has 0 aliphatic heterocycles. The van der Waals surface area contributed by atoms with E-state index in [1.54, 1.807) is 19.2 Å². The Morgan fingerprint density at radius 1 is 1.03 bits per heavy atom. The van der Waals surface area contributed by atoms with E-state index in [-0.39, 0.29) is 35.6 Å². The summed E-state index contributed by atoms with van der Waals surface area (Å²) >= 11 is 0. The molecule has 0 aliphatic carbocycles. The molecular formula is C23H27IN4O3. The molecule has 7 nitrogen and oxygen atoms in total. The van der Waals surface area contributed by atoms with Crippen LogP contribution in [0.1, 0.15) is 28.6 Å². The van der Waals surface area contributed by atoms with Gasteiger partial charge < -0.3 is 25.1 Å². The molecule has 0 saturated heterocycles. The summed E-state index contributed by atoms with van der Waals surface area (Å²) in [5.74, 6) is 1.53. The maximum absolute atomic E-state index is 12.1. The van der Waals surface area contributed by atoms with Gasteiger partial charge in [0.2, 0.25) is 0 Å². The molecule has 0 saturated carbocycles. The molecule has 0 aliphatic rings. The molecule has 0 unspecified atom stereocenters. The van der Waals surface area contributed by atoms with E-state index in [9.17, 15) is 4.79 Å². The third kappa shape index (κ3) is 7.63. The van der Waals surface area contributed by atoms with Crippen molar-refractivity contribution in [1.29, 1.82) is 0 Å². The monoisotopic (exact) mass is 534 g/mol. The second kappa shape index (κ2) is 12.6. The molecule has 3 N–H and O–H groups in total. The molecule has 1 aromatic heterocycles. The van der Waals surface area contributed by atoms with Gasteiger partial charge in [-0.25, -0.2) is 4.99 Å². The number of furan rings is 1. The first-order chi connectivity index (χ1) is 14.7. The maximum atomic E-state index is 12.1. The first-order valence-electron chi connectivity index (χ1n) is 9.77. The number of guanidine groups is 1. The van der Waals surface area contributed by atoms with E-state index in [0.717, 1.165) is 23.4 Å². The van der Waals surface area contributed by atoms with Crippen molar-refractivity contribution >= 4 is 41.5 Å². The maximum Gasteiger partial charge on any atom is 0.291 e. The molecule has 0 radical (unpaired) electrons. The summed E-state index contributed by atoms with van der Waals surface area (Å²) in [4.78, 5) is 16.8. The molecule has 8 heteroatoms. The number of hydrogen-bond acceptors (Lipinski definition) is 4. The van der Waals surface area contributed by atoms with Crippen LogP contribution in [0, 0.1) is 0 Å². The zero-order valence-corrected chi connectivity index (χ0v) is 19.9. The summed E-state index contributed by atoms with van der Waals surface area (Å²) in [5.41, 5.74) is 2.77. The van der Waals surface area contributed by atoms with Crippen LogP contribution in [0.2, 0.25) is 0 Å². The van der Waals surface area contributed by atoms with Crippen LogP contribution in [0.15, 0.2) is 76.3 Å². The van der Waals surface area contributed by atoms with Gasteiger partial charge in [0.05, 0.1) is 19.9 Å². The van der Waals surface area contributed by atoms with Gasteiger partial charge in [0.1, 0.15) is 5.75 Å². The molecule has 0 spiro atoms. The predicted octanol–water partition coefficient (Wildman–Crippen LogP) is 4.41. The van der Waals surface area contributed by atoms with Gasteiger partial charge in [-0.15, -0.1) is 24.0 Å². The van der Waals surface area contributed by atoms with Gasteiger partial charge in [0, 0.05) is 18.8 Å². The summed E-state index contributed by atoms with van der Waals surface area (Å²) in [5, 5.41) is 9.40. The lowest BCUT2D eigenvalue weighted by Crippen LogP contribution is -2.36. The highest BCUT2D eigenvalue weighted by Gasteiger charge is 2.08. The van der Waals surface area contributed by atoms with E-state index in [1.165, 1.54) is 6.26 Å². The van der Waals surface area contributed by atoms with Gasteiger partial charge in [0.25, 0.3) is 5.91 Å². The van der Waals surface area contributed by atoms with Crippen molar-refractivity contribution in [3.05, 3.63) is 83.8 Å². The number of nitrogens with one attached hydrogen (secondary N) is 3. The predicted molar refractivity (Wildman–Crippen MR) is 133 cm³/mol. The topological polar surface area (TPSA) is 87.9 Å². The summed E-state index contributed by atoms with van der Waals surface area (Å²) in [6.07, 6.45) is 1.47. The van der Waals surface area contributed by atoms with Crippen LogP contribution >= 0.6 is 24.0 Å². The number of amides is 1. The fraction of sp³-hybridized carbons (Fsp3) is 0.217. The van der Waals surface area contributed by atoms with E-state index >= 15 is 0 Å². The number of anilines is 1. The molecule has 0 atom stereocenters. The Morgan fingerprint density at radius 3 is 2.58 bits per heavy atom. The smallest absolute Gasteiger partial charge is 0.291 e. The second-order valence-electron chi connectivity index (χ2n) is 6.53. The number of nitrogens with zero attached hydrogens (tertiary/aromatic N) is 1. The van der Waals surface area contributed by atoms with Crippen LogP contribution in [0.3, 0.4) is 0 Å². The Bertz CT molecular complexity index is 990. The van der Waals surface area contributed by atoms with E-state index in [4.69, 9.17) is 9.15 Å². The van der Waals surface area contributed by atoms with Crippen molar-refractivity contribution in [2.24, 2.45) is 4.99 Å². The van der Waals surface area contributed by atoms with Crippen molar-refractivity contribution in [1.82, 2.24) is 10.6 Å². The molecule has 1 amide bonds. The minimum Gasteiger partial charge on any atom is -0.497 e. The van der Waals surface area contributed by atoms with Crippen LogP contribution in [-0.4, -0.2) is 25.5 Å². The van der Waals surface area contributed by atoms with Crippen molar-refractivity contribution in [3.8, 4) is 5.75 Å². The summed E-state index contributed by atoms with van der Waals surface area (Å²) in [7, 11) is 1.66. The molecular weight excluding hydrogens is 507 g/mol. The Labute approximate surface area is 199 Å². The molecule has 31 heavy (non-hydrogen) atoms. The lowest BCUT2D eigenvalue weighted by Gasteiger charge is -2.12. The summed E-state index contributed by atoms with van der Waals surface area (Å²) in [6.45, 7) is 3.87. The minimum absolute atomic E-state index is 0. The first-order valence-corrected chi connectivity index (χ1v) is 9.77. The van der Waals surface area contributed by atoms with Gasteiger partial charge in [0.15, 0.2) is 11.7 Å². The number of methoxy groups -OCH3 is 1.